The minimum Gasteiger partial charge on any atom is -0.316 e. The number of hydrogen-bond acceptors (Lipinski definition) is 2. The van der Waals surface area contributed by atoms with Gasteiger partial charge in [0.25, 0.3) is 0 Å². The molecule has 1 atom stereocenters. The van der Waals surface area contributed by atoms with Crippen LogP contribution >= 0.6 is 24.0 Å². The van der Waals surface area contributed by atoms with Crippen LogP contribution in [0.2, 0.25) is 5.02 Å². The molecule has 1 saturated heterocycles. The van der Waals surface area contributed by atoms with Gasteiger partial charge in [0.05, 0.1) is 0 Å². The molecule has 3 nitrogen and oxygen atoms in total. The SMILES string of the molecule is CC(C(=O)N1CCc2ccc(Cl)cc21)C1CNC1.Cl. The van der Waals surface area contributed by atoms with Crippen molar-refractivity contribution >= 4 is 35.6 Å². The van der Waals surface area contributed by atoms with Gasteiger partial charge in [-0.1, -0.05) is 24.6 Å². The summed E-state index contributed by atoms with van der Waals surface area (Å²) in [5.41, 5.74) is 2.23. The maximum Gasteiger partial charge on any atom is 0.230 e. The summed E-state index contributed by atoms with van der Waals surface area (Å²) in [7, 11) is 0. The van der Waals surface area contributed by atoms with Gasteiger partial charge in [-0.25, -0.2) is 0 Å². The van der Waals surface area contributed by atoms with Gasteiger partial charge in [0.2, 0.25) is 5.91 Å². The van der Waals surface area contributed by atoms with Crippen LogP contribution in [0.25, 0.3) is 0 Å². The molecule has 1 fully saturated rings. The predicted octanol–water partition coefficient (Wildman–Crippen LogP) is 2.51. The number of rotatable bonds is 2. The second-order valence-electron chi connectivity index (χ2n) is 5.22. The molecule has 0 bridgehead atoms. The van der Waals surface area contributed by atoms with Gasteiger partial charge in [-0.05, 0) is 43.1 Å². The molecular weight excluding hydrogens is 283 g/mol. The summed E-state index contributed by atoms with van der Waals surface area (Å²) in [6.45, 7) is 4.75. The fourth-order valence-corrected chi connectivity index (χ4v) is 2.86. The van der Waals surface area contributed by atoms with Crippen LogP contribution < -0.4 is 10.2 Å². The summed E-state index contributed by atoms with van der Waals surface area (Å²) in [5, 5.41) is 3.92. The third-order valence-electron chi connectivity index (χ3n) is 4.12. The number of benzene rings is 1. The summed E-state index contributed by atoms with van der Waals surface area (Å²) >= 11 is 6.03. The zero-order valence-electron chi connectivity index (χ0n) is 10.9. The molecule has 2 aliphatic heterocycles. The Hall–Kier alpha value is -0.770. The van der Waals surface area contributed by atoms with Crippen LogP contribution in [0, 0.1) is 11.8 Å². The van der Waals surface area contributed by atoms with Crippen molar-refractivity contribution in [3.05, 3.63) is 28.8 Å². The lowest BCUT2D eigenvalue weighted by molar-refractivity contribution is -0.123. The first-order valence-electron chi connectivity index (χ1n) is 6.47. The minimum absolute atomic E-state index is 0. The number of hydrogen-bond donors (Lipinski definition) is 1. The van der Waals surface area contributed by atoms with E-state index in [9.17, 15) is 4.79 Å². The summed E-state index contributed by atoms with van der Waals surface area (Å²) in [4.78, 5) is 14.4. The van der Waals surface area contributed by atoms with Crippen LogP contribution in [0.5, 0.6) is 0 Å². The molecule has 2 heterocycles. The molecule has 1 amide bonds. The van der Waals surface area contributed by atoms with Crippen molar-refractivity contribution in [1.29, 1.82) is 0 Å². The Morgan fingerprint density at radius 1 is 1.47 bits per heavy atom. The third kappa shape index (κ3) is 2.60. The Labute approximate surface area is 124 Å². The van der Waals surface area contributed by atoms with Gasteiger partial charge in [0, 0.05) is 23.2 Å². The molecule has 2 aliphatic rings. The lowest BCUT2D eigenvalue weighted by Gasteiger charge is -2.34. The fourth-order valence-electron chi connectivity index (χ4n) is 2.69. The molecule has 104 valence electrons. The second-order valence-corrected chi connectivity index (χ2v) is 5.66. The van der Waals surface area contributed by atoms with Crippen LogP contribution in [0.4, 0.5) is 5.69 Å². The molecule has 0 aromatic heterocycles. The summed E-state index contributed by atoms with van der Waals surface area (Å²) in [6.07, 6.45) is 0.938. The van der Waals surface area contributed by atoms with Crippen molar-refractivity contribution in [2.45, 2.75) is 13.3 Å². The first kappa shape index (κ1) is 14.6. The van der Waals surface area contributed by atoms with Gasteiger partial charge in [0.15, 0.2) is 0 Å². The van der Waals surface area contributed by atoms with E-state index in [0.29, 0.717) is 10.9 Å². The Kier molecular flexibility index (Phi) is 4.39. The van der Waals surface area contributed by atoms with E-state index in [4.69, 9.17) is 11.6 Å². The standard InChI is InChI=1S/C14H17ClN2O.ClH/c1-9(11-7-16-8-11)14(18)17-5-4-10-2-3-12(15)6-13(10)17;/h2-3,6,9,11,16H,4-5,7-8H2,1H3;1H. The number of halogens is 2. The molecule has 1 N–H and O–H groups in total. The van der Waals surface area contributed by atoms with E-state index >= 15 is 0 Å². The molecular formula is C14H18Cl2N2O. The Bertz CT molecular complexity index is 488. The van der Waals surface area contributed by atoms with Crippen LogP contribution in [0.3, 0.4) is 0 Å². The number of nitrogens with one attached hydrogen (secondary N) is 1. The molecule has 5 heteroatoms. The zero-order chi connectivity index (χ0) is 12.7. The average Bonchev–Trinajstić information content (AvgIpc) is 2.68. The van der Waals surface area contributed by atoms with Gasteiger partial charge < -0.3 is 10.2 Å². The van der Waals surface area contributed by atoms with Crippen molar-refractivity contribution < 1.29 is 4.79 Å². The molecule has 0 aliphatic carbocycles. The van der Waals surface area contributed by atoms with Crippen LogP contribution in [-0.4, -0.2) is 25.5 Å². The molecule has 0 radical (unpaired) electrons. The maximum atomic E-state index is 12.5. The van der Waals surface area contributed by atoms with Crippen LogP contribution in [-0.2, 0) is 11.2 Å². The first-order chi connectivity index (χ1) is 8.66. The number of anilines is 1. The topological polar surface area (TPSA) is 32.3 Å². The number of amides is 1. The third-order valence-corrected chi connectivity index (χ3v) is 4.35. The average molecular weight is 301 g/mol. The molecule has 0 saturated carbocycles. The van der Waals surface area contributed by atoms with E-state index in [1.54, 1.807) is 0 Å². The van der Waals surface area contributed by atoms with Crippen molar-refractivity contribution in [1.82, 2.24) is 5.32 Å². The molecule has 1 aromatic carbocycles. The van der Waals surface area contributed by atoms with E-state index in [1.165, 1.54) is 5.56 Å². The van der Waals surface area contributed by atoms with E-state index in [-0.39, 0.29) is 24.2 Å². The largest absolute Gasteiger partial charge is 0.316 e. The van der Waals surface area contributed by atoms with Gasteiger partial charge in [-0.3, -0.25) is 4.79 Å². The number of carbonyl (C=O) groups is 1. The number of nitrogens with zero attached hydrogens (tertiary/aromatic N) is 1. The van der Waals surface area contributed by atoms with Gasteiger partial charge in [-0.15, -0.1) is 12.4 Å². The Morgan fingerprint density at radius 2 is 2.21 bits per heavy atom. The van der Waals surface area contributed by atoms with Crippen molar-refractivity contribution in [2.24, 2.45) is 11.8 Å². The van der Waals surface area contributed by atoms with Gasteiger partial charge in [0.1, 0.15) is 0 Å². The lowest BCUT2D eigenvalue weighted by atomic mass is 9.88. The van der Waals surface area contributed by atoms with Crippen molar-refractivity contribution in [3.63, 3.8) is 0 Å². The highest BCUT2D eigenvalue weighted by molar-refractivity contribution is 6.31. The molecule has 0 spiro atoms. The van der Waals surface area contributed by atoms with Gasteiger partial charge >= 0.3 is 0 Å². The molecule has 3 rings (SSSR count). The quantitative estimate of drug-likeness (QED) is 0.910. The van der Waals surface area contributed by atoms with E-state index in [2.05, 4.69) is 5.32 Å². The van der Waals surface area contributed by atoms with Crippen molar-refractivity contribution in [3.8, 4) is 0 Å². The van der Waals surface area contributed by atoms with Crippen LogP contribution in [0.1, 0.15) is 12.5 Å². The molecule has 19 heavy (non-hydrogen) atoms. The van der Waals surface area contributed by atoms with E-state index < -0.39 is 0 Å². The Morgan fingerprint density at radius 3 is 2.84 bits per heavy atom. The summed E-state index contributed by atoms with van der Waals surface area (Å²) in [5.74, 6) is 0.819. The van der Waals surface area contributed by atoms with Crippen molar-refractivity contribution in [2.75, 3.05) is 24.5 Å². The van der Waals surface area contributed by atoms with Crippen LogP contribution in [0.15, 0.2) is 18.2 Å². The normalized spacial score (nSPS) is 19.4. The first-order valence-corrected chi connectivity index (χ1v) is 6.85. The van der Waals surface area contributed by atoms with E-state index in [0.717, 1.165) is 31.7 Å². The smallest absolute Gasteiger partial charge is 0.230 e. The highest BCUT2D eigenvalue weighted by Crippen LogP contribution is 2.33. The highest BCUT2D eigenvalue weighted by Gasteiger charge is 2.34. The lowest BCUT2D eigenvalue weighted by Crippen LogP contribution is -2.50. The van der Waals surface area contributed by atoms with E-state index in [1.807, 2.05) is 30.0 Å². The Balaban J connectivity index is 0.00000133. The fraction of sp³-hybridized carbons (Fsp3) is 0.500. The predicted molar refractivity (Wildman–Crippen MR) is 80.3 cm³/mol. The maximum absolute atomic E-state index is 12.5. The highest BCUT2D eigenvalue weighted by atomic mass is 35.5. The summed E-state index contributed by atoms with van der Waals surface area (Å²) in [6, 6.07) is 5.84. The number of carbonyl (C=O) groups excluding carboxylic acids is 1. The molecule has 1 aromatic rings. The molecule has 1 unspecified atom stereocenters. The number of fused-ring (bicyclic) bond motifs is 1. The second kappa shape index (κ2) is 5.70. The van der Waals surface area contributed by atoms with Gasteiger partial charge in [-0.2, -0.15) is 0 Å². The zero-order valence-corrected chi connectivity index (χ0v) is 12.4. The minimum atomic E-state index is 0. The monoisotopic (exact) mass is 300 g/mol. The summed E-state index contributed by atoms with van der Waals surface area (Å²) < 4.78 is 0.